The third kappa shape index (κ3) is 1.70. The molecule has 0 amide bonds. The summed E-state index contributed by atoms with van der Waals surface area (Å²) in [5.74, 6) is 1.07. The molecule has 0 radical (unpaired) electrons. The summed E-state index contributed by atoms with van der Waals surface area (Å²) in [6.07, 6.45) is 1.64. The molecule has 0 aromatic carbocycles. The number of imidazole rings is 1. The van der Waals surface area contributed by atoms with Crippen LogP contribution in [-0.4, -0.2) is 19.9 Å². The first-order chi connectivity index (χ1) is 8.24. The van der Waals surface area contributed by atoms with E-state index in [1.165, 1.54) is 0 Å². The Kier molecular flexibility index (Phi) is 2.19. The first-order valence-corrected chi connectivity index (χ1v) is 5.35. The van der Waals surface area contributed by atoms with E-state index < -0.39 is 0 Å². The number of nitrogens with one attached hydrogen (secondary N) is 1. The van der Waals surface area contributed by atoms with Crippen molar-refractivity contribution >= 4 is 28.6 Å². The average Bonchev–Trinajstić information content (AvgIpc) is 2.72. The average molecular weight is 246 g/mol. The SMILES string of the molecule is Nc1ncccc1-c1nc2nc(Cl)ccc2[nH]1. The summed E-state index contributed by atoms with van der Waals surface area (Å²) in [5, 5.41) is 0.412. The van der Waals surface area contributed by atoms with Gasteiger partial charge in [-0.25, -0.2) is 15.0 Å². The van der Waals surface area contributed by atoms with E-state index in [-0.39, 0.29) is 0 Å². The summed E-state index contributed by atoms with van der Waals surface area (Å²) in [6.45, 7) is 0. The Bertz CT molecular complexity index is 691. The lowest BCUT2D eigenvalue weighted by atomic mass is 10.2. The number of H-pyrrole nitrogens is 1. The zero-order valence-electron chi connectivity index (χ0n) is 8.68. The molecule has 3 rings (SSSR count). The van der Waals surface area contributed by atoms with Crippen LogP contribution >= 0.6 is 11.6 Å². The summed E-state index contributed by atoms with van der Waals surface area (Å²) < 4.78 is 0. The minimum absolute atomic E-state index is 0.412. The van der Waals surface area contributed by atoms with Gasteiger partial charge in [-0.15, -0.1) is 0 Å². The van der Waals surface area contributed by atoms with Gasteiger partial charge in [-0.2, -0.15) is 0 Å². The van der Waals surface area contributed by atoms with Gasteiger partial charge < -0.3 is 10.7 Å². The largest absolute Gasteiger partial charge is 0.383 e. The minimum atomic E-state index is 0.412. The van der Waals surface area contributed by atoms with Gasteiger partial charge in [0.15, 0.2) is 5.65 Å². The molecular weight excluding hydrogens is 238 g/mol. The third-order valence-electron chi connectivity index (χ3n) is 2.41. The van der Waals surface area contributed by atoms with Crippen molar-refractivity contribution in [2.45, 2.75) is 0 Å². The van der Waals surface area contributed by atoms with Gasteiger partial charge in [-0.05, 0) is 24.3 Å². The molecule has 84 valence electrons. The first-order valence-electron chi connectivity index (χ1n) is 4.97. The molecule has 3 aromatic heterocycles. The molecule has 0 atom stereocenters. The molecule has 0 aliphatic rings. The number of nitrogens with zero attached hydrogens (tertiary/aromatic N) is 3. The summed E-state index contributed by atoms with van der Waals surface area (Å²) in [5.41, 5.74) is 7.92. The number of nitrogens with two attached hydrogens (primary N) is 1. The standard InChI is InChI=1S/C11H8ClN5/c12-8-4-3-7-11(16-8)17-10(15-7)6-2-1-5-14-9(6)13/h1-5H,(H2,13,14)(H,15,16,17). The number of anilines is 1. The van der Waals surface area contributed by atoms with E-state index >= 15 is 0 Å². The Balaban J connectivity index is 2.22. The quantitative estimate of drug-likeness (QED) is 0.645. The predicted molar refractivity (Wildman–Crippen MR) is 66.5 cm³/mol. The van der Waals surface area contributed by atoms with Crippen LogP contribution in [-0.2, 0) is 0 Å². The van der Waals surface area contributed by atoms with Crippen molar-refractivity contribution in [3.63, 3.8) is 0 Å². The molecule has 17 heavy (non-hydrogen) atoms. The van der Waals surface area contributed by atoms with Crippen LogP contribution in [0.25, 0.3) is 22.6 Å². The van der Waals surface area contributed by atoms with E-state index in [0.29, 0.717) is 22.4 Å². The van der Waals surface area contributed by atoms with Gasteiger partial charge in [0.2, 0.25) is 0 Å². The molecular formula is C11H8ClN5. The van der Waals surface area contributed by atoms with Crippen LogP contribution in [0.4, 0.5) is 5.82 Å². The van der Waals surface area contributed by atoms with Crippen molar-refractivity contribution in [2.75, 3.05) is 5.73 Å². The number of aromatic amines is 1. The molecule has 0 saturated heterocycles. The van der Waals surface area contributed by atoms with Crippen LogP contribution < -0.4 is 5.73 Å². The number of rotatable bonds is 1. The predicted octanol–water partition coefficient (Wildman–Crippen LogP) is 2.26. The molecule has 0 fully saturated rings. The van der Waals surface area contributed by atoms with Crippen LogP contribution in [0.15, 0.2) is 30.5 Å². The number of pyridine rings is 2. The zero-order valence-corrected chi connectivity index (χ0v) is 9.44. The highest BCUT2D eigenvalue weighted by atomic mass is 35.5. The number of aromatic nitrogens is 4. The molecule has 0 bridgehead atoms. The molecule has 3 aromatic rings. The van der Waals surface area contributed by atoms with Crippen LogP contribution in [0, 0.1) is 0 Å². The lowest BCUT2D eigenvalue weighted by molar-refractivity contribution is 1.27. The van der Waals surface area contributed by atoms with Gasteiger partial charge >= 0.3 is 0 Å². The Morgan fingerprint density at radius 3 is 2.88 bits per heavy atom. The Morgan fingerprint density at radius 1 is 1.18 bits per heavy atom. The fraction of sp³-hybridized carbons (Fsp3) is 0. The number of fused-ring (bicyclic) bond motifs is 1. The van der Waals surface area contributed by atoms with Crippen molar-refractivity contribution < 1.29 is 0 Å². The summed E-state index contributed by atoms with van der Waals surface area (Å²) in [4.78, 5) is 15.6. The van der Waals surface area contributed by atoms with E-state index in [4.69, 9.17) is 17.3 Å². The van der Waals surface area contributed by atoms with Gasteiger partial charge in [0.1, 0.15) is 16.8 Å². The number of nitrogen functional groups attached to an aromatic ring is 1. The summed E-state index contributed by atoms with van der Waals surface area (Å²) >= 11 is 5.80. The van der Waals surface area contributed by atoms with E-state index in [0.717, 1.165) is 11.1 Å². The normalized spacial score (nSPS) is 10.9. The maximum Gasteiger partial charge on any atom is 0.179 e. The number of halogens is 1. The van der Waals surface area contributed by atoms with Crippen molar-refractivity contribution in [1.29, 1.82) is 0 Å². The van der Waals surface area contributed by atoms with Gasteiger partial charge in [0.25, 0.3) is 0 Å². The molecule has 5 nitrogen and oxygen atoms in total. The van der Waals surface area contributed by atoms with Gasteiger partial charge in [0.05, 0.1) is 11.1 Å². The van der Waals surface area contributed by atoms with E-state index in [1.807, 2.05) is 12.1 Å². The lowest BCUT2D eigenvalue weighted by Crippen LogP contribution is -1.93. The highest BCUT2D eigenvalue weighted by Crippen LogP contribution is 2.23. The van der Waals surface area contributed by atoms with Crippen LogP contribution in [0.2, 0.25) is 5.15 Å². The first kappa shape index (κ1) is 10.0. The molecule has 3 heterocycles. The van der Waals surface area contributed by atoms with Gasteiger partial charge in [0, 0.05) is 6.20 Å². The molecule has 0 saturated carbocycles. The highest BCUT2D eigenvalue weighted by Gasteiger charge is 2.09. The van der Waals surface area contributed by atoms with Gasteiger partial charge in [-0.1, -0.05) is 11.6 Å². The van der Waals surface area contributed by atoms with Crippen LogP contribution in [0.1, 0.15) is 0 Å². The minimum Gasteiger partial charge on any atom is -0.383 e. The molecule has 0 spiro atoms. The highest BCUT2D eigenvalue weighted by molar-refractivity contribution is 6.29. The Hall–Kier alpha value is -2.14. The van der Waals surface area contributed by atoms with Crippen LogP contribution in [0.5, 0.6) is 0 Å². The maximum absolute atomic E-state index is 5.80. The number of hydrogen-bond donors (Lipinski definition) is 2. The van der Waals surface area contributed by atoms with Crippen molar-refractivity contribution in [3.05, 3.63) is 35.6 Å². The fourth-order valence-electron chi connectivity index (χ4n) is 1.61. The Morgan fingerprint density at radius 2 is 2.06 bits per heavy atom. The van der Waals surface area contributed by atoms with Gasteiger partial charge in [-0.3, -0.25) is 0 Å². The second-order valence-corrected chi connectivity index (χ2v) is 3.91. The molecule has 0 unspecified atom stereocenters. The molecule has 6 heteroatoms. The van der Waals surface area contributed by atoms with Crippen molar-refractivity contribution in [1.82, 2.24) is 19.9 Å². The molecule has 0 aliphatic carbocycles. The topological polar surface area (TPSA) is 80.5 Å². The van der Waals surface area contributed by atoms with E-state index in [9.17, 15) is 0 Å². The number of hydrogen-bond acceptors (Lipinski definition) is 4. The molecule has 0 aliphatic heterocycles. The second-order valence-electron chi connectivity index (χ2n) is 3.53. The second kappa shape index (κ2) is 3.71. The Labute approximate surface area is 102 Å². The van der Waals surface area contributed by atoms with Crippen LogP contribution in [0.3, 0.4) is 0 Å². The zero-order chi connectivity index (χ0) is 11.8. The van der Waals surface area contributed by atoms with Crippen molar-refractivity contribution in [2.24, 2.45) is 0 Å². The lowest BCUT2D eigenvalue weighted by Gasteiger charge is -1.98. The summed E-state index contributed by atoms with van der Waals surface area (Å²) in [7, 11) is 0. The monoisotopic (exact) mass is 245 g/mol. The van der Waals surface area contributed by atoms with E-state index in [2.05, 4.69) is 19.9 Å². The van der Waals surface area contributed by atoms with Crippen molar-refractivity contribution in [3.8, 4) is 11.4 Å². The fourth-order valence-corrected chi connectivity index (χ4v) is 1.76. The third-order valence-corrected chi connectivity index (χ3v) is 2.62. The molecule has 3 N–H and O–H groups in total. The van der Waals surface area contributed by atoms with E-state index in [1.54, 1.807) is 18.3 Å². The maximum atomic E-state index is 5.80. The summed E-state index contributed by atoms with van der Waals surface area (Å²) in [6, 6.07) is 7.19. The smallest absolute Gasteiger partial charge is 0.179 e.